The summed E-state index contributed by atoms with van der Waals surface area (Å²) in [7, 11) is 0. The van der Waals surface area contributed by atoms with Crippen LogP contribution in [0.5, 0.6) is 0 Å². The van der Waals surface area contributed by atoms with E-state index in [1.165, 1.54) is 0 Å². The normalized spacial score (nSPS) is 11.1. The summed E-state index contributed by atoms with van der Waals surface area (Å²) in [5.41, 5.74) is 2.18. The minimum Gasteiger partial charge on any atom is -0.310 e. The molecular formula is C13H18N4S. The molecule has 2 aromatic rings. The van der Waals surface area contributed by atoms with Crippen LogP contribution in [0.1, 0.15) is 35.9 Å². The van der Waals surface area contributed by atoms with Crippen molar-refractivity contribution >= 4 is 11.3 Å². The molecule has 0 fully saturated rings. The van der Waals surface area contributed by atoms with Gasteiger partial charge in [0, 0.05) is 41.6 Å². The van der Waals surface area contributed by atoms with E-state index in [2.05, 4.69) is 39.5 Å². The predicted octanol–water partition coefficient (Wildman–Crippen LogP) is 2.33. The van der Waals surface area contributed by atoms with E-state index >= 15 is 0 Å². The van der Waals surface area contributed by atoms with Gasteiger partial charge in [-0.25, -0.2) is 15.0 Å². The highest BCUT2D eigenvalue weighted by Crippen LogP contribution is 2.11. The fourth-order valence-electron chi connectivity index (χ4n) is 1.51. The van der Waals surface area contributed by atoms with Gasteiger partial charge in [-0.2, -0.15) is 0 Å². The molecule has 0 radical (unpaired) electrons. The van der Waals surface area contributed by atoms with E-state index in [0.29, 0.717) is 6.04 Å². The lowest BCUT2D eigenvalue weighted by Crippen LogP contribution is -2.22. The van der Waals surface area contributed by atoms with E-state index in [-0.39, 0.29) is 0 Å². The Balaban J connectivity index is 1.95. The fourth-order valence-corrected chi connectivity index (χ4v) is 2.27. The zero-order valence-corrected chi connectivity index (χ0v) is 11.8. The van der Waals surface area contributed by atoms with Gasteiger partial charge < -0.3 is 5.32 Å². The largest absolute Gasteiger partial charge is 0.310 e. The van der Waals surface area contributed by atoms with Gasteiger partial charge in [-0.1, -0.05) is 13.8 Å². The average molecular weight is 262 g/mol. The lowest BCUT2D eigenvalue weighted by Gasteiger charge is -2.07. The summed E-state index contributed by atoms with van der Waals surface area (Å²) < 4.78 is 0. The highest BCUT2D eigenvalue weighted by molar-refractivity contribution is 7.09. The molecule has 0 unspecified atom stereocenters. The second-order valence-electron chi connectivity index (χ2n) is 4.60. The van der Waals surface area contributed by atoms with Crippen LogP contribution in [0.3, 0.4) is 0 Å². The molecule has 0 aliphatic carbocycles. The molecule has 0 aliphatic rings. The van der Waals surface area contributed by atoms with E-state index in [1.54, 1.807) is 11.3 Å². The van der Waals surface area contributed by atoms with E-state index < -0.39 is 0 Å². The summed E-state index contributed by atoms with van der Waals surface area (Å²) in [6.07, 6.45) is 4.49. The third-order valence-corrected chi connectivity index (χ3v) is 3.42. The van der Waals surface area contributed by atoms with E-state index in [9.17, 15) is 0 Å². The minimum atomic E-state index is 0.475. The van der Waals surface area contributed by atoms with Crippen LogP contribution in [0, 0.1) is 6.92 Å². The lowest BCUT2D eigenvalue weighted by molar-refractivity contribution is 0.586. The number of nitrogens with one attached hydrogen (secondary N) is 1. The van der Waals surface area contributed by atoms with Crippen LogP contribution in [0.15, 0.2) is 17.8 Å². The second-order valence-corrected chi connectivity index (χ2v) is 5.55. The van der Waals surface area contributed by atoms with Gasteiger partial charge in [0.1, 0.15) is 10.8 Å². The highest BCUT2D eigenvalue weighted by atomic mass is 32.1. The number of rotatable bonds is 5. The van der Waals surface area contributed by atoms with Gasteiger partial charge in [-0.15, -0.1) is 11.3 Å². The first-order valence-corrected chi connectivity index (χ1v) is 6.95. The monoisotopic (exact) mass is 262 g/mol. The summed E-state index contributed by atoms with van der Waals surface area (Å²) in [6.45, 7) is 7.07. The predicted molar refractivity (Wildman–Crippen MR) is 73.7 cm³/mol. The Hall–Kier alpha value is -1.33. The Bertz CT molecular complexity index is 490. The van der Waals surface area contributed by atoms with Crippen LogP contribution >= 0.6 is 11.3 Å². The smallest absolute Gasteiger partial charge is 0.135 e. The third kappa shape index (κ3) is 3.85. The lowest BCUT2D eigenvalue weighted by atomic mass is 10.3. The molecule has 18 heavy (non-hydrogen) atoms. The van der Waals surface area contributed by atoms with Gasteiger partial charge in [-0.05, 0) is 6.92 Å². The molecule has 0 aliphatic heterocycles. The molecule has 0 saturated heterocycles. The Labute approximate surface area is 112 Å². The molecule has 5 heteroatoms. The molecular weight excluding hydrogens is 244 g/mol. The van der Waals surface area contributed by atoms with E-state index in [0.717, 1.165) is 35.1 Å². The quantitative estimate of drug-likeness (QED) is 0.898. The van der Waals surface area contributed by atoms with Crippen molar-refractivity contribution in [2.24, 2.45) is 0 Å². The van der Waals surface area contributed by atoms with Crippen molar-refractivity contribution in [3.63, 3.8) is 0 Å². The second kappa shape index (κ2) is 6.02. The number of hydrogen-bond donors (Lipinski definition) is 1. The van der Waals surface area contributed by atoms with Crippen molar-refractivity contribution in [1.82, 2.24) is 20.3 Å². The maximum atomic E-state index is 4.41. The topological polar surface area (TPSA) is 50.7 Å². The van der Waals surface area contributed by atoms with Gasteiger partial charge in [0.15, 0.2) is 0 Å². The molecule has 0 bridgehead atoms. The number of hydrogen-bond acceptors (Lipinski definition) is 5. The van der Waals surface area contributed by atoms with Crippen molar-refractivity contribution in [3.05, 3.63) is 39.9 Å². The SMILES string of the molecule is Cc1csc(Cc2ncc(CNC(C)C)cn2)n1. The zero-order chi connectivity index (χ0) is 13.0. The van der Waals surface area contributed by atoms with Crippen LogP contribution in [-0.4, -0.2) is 21.0 Å². The Kier molecular flexibility index (Phi) is 4.38. The molecule has 2 aromatic heterocycles. The summed E-state index contributed by atoms with van der Waals surface area (Å²) in [6, 6.07) is 0.475. The molecule has 0 aromatic carbocycles. The zero-order valence-electron chi connectivity index (χ0n) is 11.0. The van der Waals surface area contributed by atoms with E-state index in [1.807, 2.05) is 19.3 Å². The fraction of sp³-hybridized carbons (Fsp3) is 0.462. The number of aryl methyl sites for hydroxylation is 1. The van der Waals surface area contributed by atoms with Crippen molar-refractivity contribution in [2.75, 3.05) is 0 Å². The molecule has 0 amide bonds. The molecule has 2 rings (SSSR count). The number of thiazole rings is 1. The van der Waals surface area contributed by atoms with Crippen molar-refractivity contribution < 1.29 is 0 Å². The highest BCUT2D eigenvalue weighted by Gasteiger charge is 2.04. The maximum Gasteiger partial charge on any atom is 0.135 e. The van der Waals surface area contributed by atoms with Gasteiger partial charge in [0.25, 0.3) is 0 Å². The van der Waals surface area contributed by atoms with Crippen LogP contribution in [0.4, 0.5) is 0 Å². The van der Waals surface area contributed by atoms with Gasteiger partial charge >= 0.3 is 0 Å². The van der Waals surface area contributed by atoms with Gasteiger partial charge in [-0.3, -0.25) is 0 Å². The summed E-state index contributed by atoms with van der Waals surface area (Å²) in [4.78, 5) is 13.2. The number of nitrogens with zero attached hydrogens (tertiary/aromatic N) is 3. The Morgan fingerprint density at radius 1 is 1.28 bits per heavy atom. The maximum absolute atomic E-state index is 4.41. The van der Waals surface area contributed by atoms with Crippen LogP contribution in [0.25, 0.3) is 0 Å². The minimum absolute atomic E-state index is 0.475. The van der Waals surface area contributed by atoms with Crippen LogP contribution in [0.2, 0.25) is 0 Å². The molecule has 4 nitrogen and oxygen atoms in total. The standard InChI is InChI=1S/C13H18N4S/c1-9(2)14-5-11-6-15-12(16-7-11)4-13-17-10(3)8-18-13/h6-9,14H,4-5H2,1-3H3. The Morgan fingerprint density at radius 2 is 2.00 bits per heavy atom. The molecule has 0 atom stereocenters. The average Bonchev–Trinajstić information content (AvgIpc) is 2.74. The molecule has 2 heterocycles. The van der Waals surface area contributed by atoms with Crippen LogP contribution < -0.4 is 5.32 Å². The summed E-state index contributed by atoms with van der Waals surface area (Å²) >= 11 is 1.66. The molecule has 0 spiro atoms. The van der Waals surface area contributed by atoms with Crippen LogP contribution in [-0.2, 0) is 13.0 Å². The van der Waals surface area contributed by atoms with Crippen molar-refractivity contribution in [3.8, 4) is 0 Å². The summed E-state index contributed by atoms with van der Waals surface area (Å²) in [5, 5.41) is 6.47. The van der Waals surface area contributed by atoms with Gasteiger partial charge in [0.2, 0.25) is 0 Å². The van der Waals surface area contributed by atoms with Gasteiger partial charge in [0.05, 0.1) is 6.42 Å². The van der Waals surface area contributed by atoms with E-state index in [4.69, 9.17) is 0 Å². The Morgan fingerprint density at radius 3 is 2.56 bits per heavy atom. The molecule has 96 valence electrons. The van der Waals surface area contributed by atoms with Crippen molar-refractivity contribution in [2.45, 2.75) is 39.8 Å². The first kappa shape index (κ1) is 13.1. The molecule has 0 saturated carbocycles. The van der Waals surface area contributed by atoms with Crippen molar-refractivity contribution in [1.29, 1.82) is 0 Å². The first-order valence-electron chi connectivity index (χ1n) is 6.07. The first-order chi connectivity index (χ1) is 8.63. The third-order valence-electron chi connectivity index (χ3n) is 2.45. The molecule has 1 N–H and O–H groups in total. The number of aromatic nitrogens is 3. The summed E-state index contributed by atoms with van der Waals surface area (Å²) in [5.74, 6) is 0.831.